The molecule has 0 N–H and O–H groups in total. The van der Waals surface area contributed by atoms with Crippen molar-refractivity contribution >= 4 is 46.7 Å². The average molecular weight is 297 g/mol. The van der Waals surface area contributed by atoms with E-state index in [1.807, 2.05) is 65.7 Å². The molecule has 20 heavy (non-hydrogen) atoms. The second kappa shape index (κ2) is 6.36. The van der Waals surface area contributed by atoms with Crippen LogP contribution >= 0.6 is 22.7 Å². The zero-order valence-corrected chi connectivity index (χ0v) is 12.1. The third-order valence-electron chi connectivity index (χ3n) is 2.45. The van der Waals surface area contributed by atoms with E-state index in [4.69, 9.17) is 0 Å². The zero-order chi connectivity index (χ0) is 13.6. The van der Waals surface area contributed by atoms with E-state index < -0.39 is 0 Å². The van der Waals surface area contributed by atoms with Crippen molar-refractivity contribution in [2.75, 3.05) is 0 Å². The van der Waals surface area contributed by atoms with Crippen molar-refractivity contribution in [2.45, 2.75) is 0 Å². The van der Waals surface area contributed by atoms with Gasteiger partial charge in [-0.15, -0.1) is 22.7 Å². The van der Waals surface area contributed by atoms with Crippen LogP contribution in [0.1, 0.15) is 9.75 Å². The first-order valence-electron chi connectivity index (χ1n) is 6.02. The minimum absolute atomic E-state index is 0.666. The maximum Gasteiger partial charge on any atom is 0.154 e. The van der Waals surface area contributed by atoms with Gasteiger partial charge in [-0.3, -0.25) is 0 Å². The summed E-state index contributed by atoms with van der Waals surface area (Å²) < 4.78 is 0. The van der Waals surface area contributed by atoms with E-state index in [1.54, 1.807) is 22.7 Å². The minimum Gasteiger partial charge on any atom is -0.236 e. The Morgan fingerprint density at radius 1 is 0.750 bits per heavy atom. The summed E-state index contributed by atoms with van der Waals surface area (Å²) in [5.41, 5.74) is 0. The smallest absolute Gasteiger partial charge is 0.154 e. The van der Waals surface area contributed by atoms with Crippen molar-refractivity contribution in [1.29, 1.82) is 0 Å². The molecular weight excluding hydrogens is 286 g/mol. The molecule has 3 aromatic rings. The molecule has 0 aliphatic rings. The van der Waals surface area contributed by atoms with Gasteiger partial charge in [0.1, 0.15) is 0 Å². The summed E-state index contributed by atoms with van der Waals surface area (Å²) in [7, 11) is 0. The van der Waals surface area contributed by atoms with Crippen molar-refractivity contribution in [1.82, 2.24) is 4.98 Å². The van der Waals surface area contributed by atoms with Crippen molar-refractivity contribution in [3.63, 3.8) is 0 Å². The Balaban J connectivity index is 1.76. The van der Waals surface area contributed by atoms with Crippen molar-refractivity contribution < 1.29 is 0 Å². The molecule has 5 heteroatoms. The van der Waals surface area contributed by atoms with Crippen molar-refractivity contribution in [3.8, 4) is 0 Å². The number of aliphatic imine (C=N–C) groups is 2. The Labute approximate surface area is 125 Å². The number of thiophene rings is 2. The summed E-state index contributed by atoms with van der Waals surface area (Å²) in [5.74, 6) is 1.33. The summed E-state index contributed by atoms with van der Waals surface area (Å²) in [6.45, 7) is 0. The van der Waals surface area contributed by atoms with Crippen LogP contribution < -0.4 is 0 Å². The van der Waals surface area contributed by atoms with E-state index in [9.17, 15) is 0 Å². The first kappa shape index (κ1) is 12.9. The van der Waals surface area contributed by atoms with E-state index >= 15 is 0 Å². The largest absolute Gasteiger partial charge is 0.236 e. The summed E-state index contributed by atoms with van der Waals surface area (Å²) in [6.07, 6.45) is 3.64. The highest BCUT2D eigenvalue weighted by Gasteiger charge is 1.95. The van der Waals surface area contributed by atoms with Gasteiger partial charge >= 0.3 is 0 Å². The lowest BCUT2D eigenvalue weighted by atomic mass is 10.4. The summed E-state index contributed by atoms with van der Waals surface area (Å²) in [5, 5.41) is 4.05. The SMILES string of the molecule is C(=Nc1cccc(/N=C/c2cccs2)n1)c1cccs1. The Kier molecular flexibility index (Phi) is 4.10. The fourth-order valence-corrected chi connectivity index (χ4v) is 2.71. The highest BCUT2D eigenvalue weighted by molar-refractivity contribution is 7.12. The molecule has 0 radical (unpaired) electrons. The van der Waals surface area contributed by atoms with Crippen LogP contribution in [0.4, 0.5) is 11.6 Å². The molecule has 0 amide bonds. The maximum atomic E-state index is 4.39. The van der Waals surface area contributed by atoms with E-state index in [0.29, 0.717) is 11.6 Å². The predicted molar refractivity (Wildman–Crippen MR) is 87.4 cm³/mol. The van der Waals surface area contributed by atoms with E-state index in [1.165, 1.54) is 0 Å². The number of pyridine rings is 1. The van der Waals surface area contributed by atoms with E-state index in [0.717, 1.165) is 9.75 Å². The molecule has 3 heterocycles. The van der Waals surface area contributed by atoms with Gasteiger partial charge < -0.3 is 0 Å². The number of rotatable bonds is 4. The van der Waals surface area contributed by atoms with Crippen LogP contribution in [0.15, 0.2) is 63.2 Å². The Morgan fingerprint density at radius 2 is 1.30 bits per heavy atom. The highest BCUT2D eigenvalue weighted by atomic mass is 32.1. The molecule has 98 valence electrons. The van der Waals surface area contributed by atoms with Gasteiger partial charge in [0.2, 0.25) is 0 Å². The molecule has 0 aliphatic heterocycles. The van der Waals surface area contributed by atoms with Crippen molar-refractivity contribution in [2.24, 2.45) is 9.98 Å². The third-order valence-corrected chi connectivity index (χ3v) is 4.07. The molecule has 0 aliphatic carbocycles. The summed E-state index contributed by atoms with van der Waals surface area (Å²) in [4.78, 5) is 15.3. The monoisotopic (exact) mass is 297 g/mol. The first-order chi connectivity index (χ1) is 9.90. The normalized spacial score (nSPS) is 11.6. The molecule has 0 aromatic carbocycles. The lowest BCUT2D eigenvalue weighted by Crippen LogP contribution is -1.78. The molecule has 0 saturated carbocycles. The van der Waals surface area contributed by atoms with Gasteiger partial charge in [0.15, 0.2) is 11.6 Å². The van der Waals surface area contributed by atoms with Crippen LogP contribution in [-0.2, 0) is 0 Å². The Morgan fingerprint density at radius 3 is 1.75 bits per heavy atom. The second-order valence-corrected chi connectivity index (χ2v) is 5.86. The predicted octanol–water partition coefficient (Wildman–Crippen LogP) is 4.71. The van der Waals surface area contributed by atoms with Crippen LogP contribution in [0.3, 0.4) is 0 Å². The molecule has 0 atom stereocenters. The maximum absolute atomic E-state index is 4.39. The zero-order valence-electron chi connectivity index (χ0n) is 10.5. The summed E-state index contributed by atoms with van der Waals surface area (Å²) >= 11 is 3.30. The van der Waals surface area contributed by atoms with Gasteiger partial charge in [-0.2, -0.15) is 0 Å². The van der Waals surface area contributed by atoms with Crippen molar-refractivity contribution in [3.05, 3.63) is 63.0 Å². The number of aromatic nitrogens is 1. The number of hydrogen-bond donors (Lipinski definition) is 0. The van der Waals surface area contributed by atoms with Gasteiger partial charge in [0.25, 0.3) is 0 Å². The lowest BCUT2D eigenvalue weighted by Gasteiger charge is -1.95. The van der Waals surface area contributed by atoms with Gasteiger partial charge in [-0.05, 0) is 35.0 Å². The molecular formula is C15H11N3S2. The van der Waals surface area contributed by atoms with Gasteiger partial charge in [0, 0.05) is 22.2 Å². The molecule has 0 bridgehead atoms. The van der Waals surface area contributed by atoms with Crippen LogP contribution in [0.25, 0.3) is 0 Å². The molecule has 3 aromatic heterocycles. The first-order valence-corrected chi connectivity index (χ1v) is 7.78. The van der Waals surface area contributed by atoms with Crippen LogP contribution in [0.2, 0.25) is 0 Å². The average Bonchev–Trinajstić information content (AvgIpc) is 3.17. The van der Waals surface area contributed by atoms with E-state index in [2.05, 4.69) is 15.0 Å². The quantitative estimate of drug-likeness (QED) is 0.643. The molecule has 0 spiro atoms. The van der Waals surface area contributed by atoms with Gasteiger partial charge in [-0.25, -0.2) is 15.0 Å². The molecule has 3 nitrogen and oxygen atoms in total. The molecule has 3 rings (SSSR count). The number of hydrogen-bond acceptors (Lipinski definition) is 5. The van der Waals surface area contributed by atoms with Crippen LogP contribution in [-0.4, -0.2) is 17.4 Å². The van der Waals surface area contributed by atoms with Crippen LogP contribution in [0, 0.1) is 0 Å². The summed E-state index contributed by atoms with van der Waals surface area (Å²) in [6, 6.07) is 13.7. The standard InChI is InChI=1S/C15H11N3S2/c1-6-14(16-10-12-4-2-8-19-12)18-15(7-1)17-11-13-5-3-9-20-13/h1-11H/b16-10+,17-11?. The minimum atomic E-state index is 0.666. The van der Waals surface area contributed by atoms with E-state index in [-0.39, 0.29) is 0 Å². The molecule has 0 fully saturated rings. The highest BCUT2D eigenvalue weighted by Crippen LogP contribution is 2.16. The van der Waals surface area contributed by atoms with Crippen LogP contribution in [0.5, 0.6) is 0 Å². The third kappa shape index (κ3) is 3.46. The fraction of sp³-hybridized carbons (Fsp3) is 0. The Bertz CT molecular complexity index is 654. The van der Waals surface area contributed by atoms with Gasteiger partial charge in [0.05, 0.1) is 0 Å². The molecule has 0 unspecified atom stereocenters. The number of nitrogens with zero attached hydrogens (tertiary/aromatic N) is 3. The van der Waals surface area contributed by atoms with Gasteiger partial charge in [-0.1, -0.05) is 18.2 Å². The second-order valence-electron chi connectivity index (χ2n) is 3.90. The lowest BCUT2D eigenvalue weighted by molar-refractivity contribution is 1.25. The topological polar surface area (TPSA) is 37.6 Å². The fourth-order valence-electron chi connectivity index (χ4n) is 1.54. The molecule has 0 saturated heterocycles. The Hall–Kier alpha value is -2.11.